The first-order valence-corrected chi connectivity index (χ1v) is 4.89. The zero-order valence-corrected chi connectivity index (χ0v) is 8.40. The molecule has 1 aromatic carbocycles. The number of rotatable bonds is 3. The van der Waals surface area contributed by atoms with Gasteiger partial charge in [0.25, 0.3) is 0 Å². The lowest BCUT2D eigenvalue weighted by Crippen LogP contribution is -2.66. The molecule has 0 saturated carbocycles. The summed E-state index contributed by atoms with van der Waals surface area (Å²) in [7, 11) is 0. The van der Waals surface area contributed by atoms with Gasteiger partial charge in [-0.3, -0.25) is 4.90 Å². The molecule has 2 N–H and O–H groups in total. The fourth-order valence-corrected chi connectivity index (χ4v) is 1.96. The maximum absolute atomic E-state index is 8.85. The lowest BCUT2D eigenvalue weighted by Gasteiger charge is -2.47. The second-order valence-corrected chi connectivity index (χ2v) is 4.30. The molecule has 0 amide bonds. The third-order valence-corrected chi connectivity index (χ3v) is 2.66. The number of likely N-dealkylation sites (tertiary alicyclic amines) is 1. The van der Waals surface area contributed by atoms with E-state index >= 15 is 0 Å². The molecule has 76 valence electrons. The Morgan fingerprint density at radius 2 is 2.00 bits per heavy atom. The van der Waals surface area contributed by atoms with Crippen LogP contribution in [0.15, 0.2) is 30.3 Å². The van der Waals surface area contributed by atoms with Crippen molar-refractivity contribution in [3.8, 4) is 0 Å². The van der Waals surface area contributed by atoms with E-state index in [-0.39, 0.29) is 5.54 Å². The van der Waals surface area contributed by atoms with Gasteiger partial charge >= 0.3 is 0 Å². The highest BCUT2D eigenvalue weighted by atomic mass is 16.5. The van der Waals surface area contributed by atoms with Gasteiger partial charge in [0, 0.05) is 19.6 Å². The molecule has 1 fully saturated rings. The van der Waals surface area contributed by atoms with Gasteiger partial charge in [0.2, 0.25) is 0 Å². The molecule has 1 aliphatic heterocycles. The Morgan fingerprint density at radius 1 is 1.36 bits per heavy atom. The predicted molar refractivity (Wildman–Crippen MR) is 55.0 cm³/mol. The molecule has 2 rings (SSSR count). The number of nitrogens with one attached hydrogen (secondary N) is 1. The van der Waals surface area contributed by atoms with E-state index in [0.717, 1.165) is 19.6 Å². The highest BCUT2D eigenvalue weighted by Crippen LogP contribution is 2.21. The van der Waals surface area contributed by atoms with Crippen molar-refractivity contribution in [1.29, 1.82) is 0 Å². The van der Waals surface area contributed by atoms with Crippen LogP contribution in [0.2, 0.25) is 0 Å². The SMILES string of the molecule is CC1(NO)CN(Cc2ccccc2)C1. The number of hydrogen-bond acceptors (Lipinski definition) is 3. The highest BCUT2D eigenvalue weighted by Gasteiger charge is 2.37. The molecule has 0 aliphatic carbocycles. The fourth-order valence-electron chi connectivity index (χ4n) is 1.96. The van der Waals surface area contributed by atoms with Gasteiger partial charge in [0.15, 0.2) is 0 Å². The molecule has 0 bridgehead atoms. The Balaban J connectivity index is 1.85. The smallest absolute Gasteiger partial charge is 0.0655 e. The first-order valence-electron chi connectivity index (χ1n) is 4.89. The minimum Gasteiger partial charge on any atom is -0.316 e. The van der Waals surface area contributed by atoms with Gasteiger partial charge < -0.3 is 5.21 Å². The Kier molecular flexibility index (Phi) is 2.54. The van der Waals surface area contributed by atoms with Crippen LogP contribution in [-0.4, -0.2) is 28.7 Å². The topological polar surface area (TPSA) is 35.5 Å². The van der Waals surface area contributed by atoms with E-state index in [1.807, 2.05) is 13.0 Å². The van der Waals surface area contributed by atoms with Crippen LogP contribution >= 0.6 is 0 Å². The zero-order valence-electron chi connectivity index (χ0n) is 8.40. The van der Waals surface area contributed by atoms with Crippen molar-refractivity contribution in [2.45, 2.75) is 19.0 Å². The van der Waals surface area contributed by atoms with E-state index in [2.05, 4.69) is 34.6 Å². The molecule has 3 nitrogen and oxygen atoms in total. The largest absolute Gasteiger partial charge is 0.316 e. The number of hydroxylamine groups is 1. The zero-order chi connectivity index (χ0) is 10.0. The summed E-state index contributed by atoms with van der Waals surface area (Å²) in [5.41, 5.74) is 3.58. The summed E-state index contributed by atoms with van der Waals surface area (Å²) in [4.78, 5) is 2.30. The summed E-state index contributed by atoms with van der Waals surface area (Å²) in [6, 6.07) is 10.4. The second-order valence-electron chi connectivity index (χ2n) is 4.30. The van der Waals surface area contributed by atoms with Crippen LogP contribution in [0.4, 0.5) is 0 Å². The minimum absolute atomic E-state index is 0.102. The molecule has 1 heterocycles. The molecule has 14 heavy (non-hydrogen) atoms. The standard InChI is InChI=1S/C11H16N2O/c1-11(12-14)8-13(9-11)7-10-5-3-2-4-6-10/h2-6,12,14H,7-9H2,1H3. The van der Waals surface area contributed by atoms with Crippen LogP contribution in [0.1, 0.15) is 12.5 Å². The van der Waals surface area contributed by atoms with Crippen molar-refractivity contribution >= 4 is 0 Å². The number of nitrogens with zero attached hydrogens (tertiary/aromatic N) is 1. The van der Waals surface area contributed by atoms with Crippen LogP contribution in [0.3, 0.4) is 0 Å². The highest BCUT2D eigenvalue weighted by molar-refractivity contribution is 5.15. The summed E-state index contributed by atoms with van der Waals surface area (Å²) in [5, 5.41) is 8.85. The van der Waals surface area contributed by atoms with Gasteiger partial charge in [0.1, 0.15) is 0 Å². The van der Waals surface area contributed by atoms with E-state index in [1.165, 1.54) is 5.56 Å². The van der Waals surface area contributed by atoms with Crippen molar-refractivity contribution in [3.05, 3.63) is 35.9 Å². The van der Waals surface area contributed by atoms with Crippen LogP contribution in [0, 0.1) is 0 Å². The van der Waals surface area contributed by atoms with Crippen LogP contribution in [0.25, 0.3) is 0 Å². The summed E-state index contributed by atoms with van der Waals surface area (Å²) in [5.74, 6) is 0. The summed E-state index contributed by atoms with van der Waals surface area (Å²) >= 11 is 0. The third kappa shape index (κ3) is 1.95. The summed E-state index contributed by atoms with van der Waals surface area (Å²) in [6.07, 6.45) is 0. The number of hydrogen-bond donors (Lipinski definition) is 2. The molecule has 0 spiro atoms. The average Bonchev–Trinajstić information content (AvgIpc) is 2.17. The van der Waals surface area contributed by atoms with E-state index in [4.69, 9.17) is 5.21 Å². The van der Waals surface area contributed by atoms with Gasteiger partial charge in [-0.25, -0.2) is 0 Å². The van der Waals surface area contributed by atoms with Crippen LogP contribution < -0.4 is 5.48 Å². The van der Waals surface area contributed by atoms with Crippen molar-refractivity contribution in [3.63, 3.8) is 0 Å². The average molecular weight is 192 g/mol. The van der Waals surface area contributed by atoms with E-state index in [0.29, 0.717) is 0 Å². The van der Waals surface area contributed by atoms with E-state index in [9.17, 15) is 0 Å². The lowest BCUT2D eigenvalue weighted by molar-refractivity contribution is -0.0404. The van der Waals surface area contributed by atoms with E-state index in [1.54, 1.807) is 0 Å². The van der Waals surface area contributed by atoms with Crippen molar-refractivity contribution in [2.24, 2.45) is 0 Å². The first-order chi connectivity index (χ1) is 6.72. The Bertz CT molecular complexity index is 293. The molecular weight excluding hydrogens is 176 g/mol. The molecule has 1 aliphatic rings. The Hall–Kier alpha value is -0.900. The van der Waals surface area contributed by atoms with Crippen LogP contribution in [-0.2, 0) is 6.54 Å². The normalized spacial score (nSPS) is 20.4. The van der Waals surface area contributed by atoms with Crippen molar-refractivity contribution in [2.75, 3.05) is 13.1 Å². The maximum Gasteiger partial charge on any atom is 0.0655 e. The van der Waals surface area contributed by atoms with Gasteiger partial charge in [0.05, 0.1) is 5.54 Å². The molecule has 0 atom stereocenters. The van der Waals surface area contributed by atoms with Gasteiger partial charge in [-0.05, 0) is 12.5 Å². The van der Waals surface area contributed by atoms with Gasteiger partial charge in [-0.15, -0.1) is 0 Å². The molecule has 1 aromatic rings. The second kappa shape index (κ2) is 3.69. The minimum atomic E-state index is -0.102. The Morgan fingerprint density at radius 3 is 2.57 bits per heavy atom. The first kappa shape index (κ1) is 9.65. The predicted octanol–water partition coefficient (Wildman–Crippen LogP) is 1.24. The van der Waals surface area contributed by atoms with Crippen LogP contribution in [0.5, 0.6) is 0 Å². The molecule has 1 saturated heterocycles. The van der Waals surface area contributed by atoms with Gasteiger partial charge in [-0.1, -0.05) is 30.3 Å². The fraction of sp³-hybridized carbons (Fsp3) is 0.455. The molecule has 0 unspecified atom stereocenters. The molecule has 0 radical (unpaired) electrons. The Labute approximate surface area is 84.3 Å². The van der Waals surface area contributed by atoms with Crippen molar-refractivity contribution < 1.29 is 5.21 Å². The summed E-state index contributed by atoms with van der Waals surface area (Å²) in [6.45, 7) is 4.80. The molecular formula is C11H16N2O. The number of benzene rings is 1. The summed E-state index contributed by atoms with van der Waals surface area (Å²) < 4.78 is 0. The lowest BCUT2D eigenvalue weighted by atomic mass is 9.93. The van der Waals surface area contributed by atoms with Gasteiger partial charge in [-0.2, -0.15) is 5.48 Å². The monoisotopic (exact) mass is 192 g/mol. The van der Waals surface area contributed by atoms with Crippen molar-refractivity contribution in [1.82, 2.24) is 10.4 Å². The quantitative estimate of drug-likeness (QED) is 0.707. The maximum atomic E-state index is 8.85. The third-order valence-electron chi connectivity index (χ3n) is 2.66. The molecule has 3 heteroatoms. The van der Waals surface area contributed by atoms with E-state index < -0.39 is 0 Å². The molecule has 0 aromatic heterocycles.